The minimum atomic E-state index is 0.359. The molecule has 2 heterocycles. The molecule has 1 atom stereocenters. The molecule has 1 aromatic heterocycles. The monoisotopic (exact) mass is 340 g/mol. The van der Waals surface area contributed by atoms with Crippen molar-refractivity contribution in [2.45, 2.75) is 40.5 Å². The lowest BCUT2D eigenvalue weighted by Gasteiger charge is -2.27. The third-order valence-corrected chi connectivity index (χ3v) is 4.53. The minimum Gasteiger partial charge on any atom is -0.355 e. The van der Waals surface area contributed by atoms with E-state index in [4.69, 9.17) is 0 Å². The number of nitrogens with zero attached hydrogens (tertiary/aromatic N) is 3. The topological polar surface area (TPSA) is 41.1 Å². The van der Waals surface area contributed by atoms with E-state index in [0.29, 0.717) is 5.41 Å². The zero-order chi connectivity index (χ0) is 14.8. The standard InChI is InChI=1S/C15H25BrN4/c1-5-7-17-14-18-9-12(16)13(19-14)20-8-6-11(10-20)15(2,3)4/h9,11H,5-8,10H2,1-4H3,(H,17,18,19). The summed E-state index contributed by atoms with van der Waals surface area (Å²) in [6.45, 7) is 12.2. The molecule has 112 valence electrons. The van der Waals surface area contributed by atoms with Crippen molar-refractivity contribution in [1.82, 2.24) is 9.97 Å². The molecule has 1 unspecified atom stereocenters. The van der Waals surface area contributed by atoms with Crippen LogP contribution in [0.4, 0.5) is 11.8 Å². The summed E-state index contributed by atoms with van der Waals surface area (Å²) in [5.41, 5.74) is 0.359. The second-order valence-electron chi connectivity index (χ2n) is 6.59. The van der Waals surface area contributed by atoms with E-state index >= 15 is 0 Å². The summed E-state index contributed by atoms with van der Waals surface area (Å²) in [4.78, 5) is 11.4. The van der Waals surface area contributed by atoms with Crippen LogP contribution in [0.25, 0.3) is 0 Å². The molecule has 20 heavy (non-hydrogen) atoms. The van der Waals surface area contributed by atoms with Gasteiger partial charge in [-0.15, -0.1) is 0 Å². The van der Waals surface area contributed by atoms with Crippen molar-refractivity contribution in [2.24, 2.45) is 11.3 Å². The van der Waals surface area contributed by atoms with Crippen molar-refractivity contribution in [1.29, 1.82) is 0 Å². The highest BCUT2D eigenvalue weighted by atomic mass is 79.9. The van der Waals surface area contributed by atoms with Crippen molar-refractivity contribution < 1.29 is 0 Å². The van der Waals surface area contributed by atoms with Gasteiger partial charge in [-0.05, 0) is 40.1 Å². The maximum absolute atomic E-state index is 4.67. The van der Waals surface area contributed by atoms with Gasteiger partial charge in [-0.1, -0.05) is 27.7 Å². The molecule has 1 aromatic rings. The van der Waals surface area contributed by atoms with Crippen LogP contribution in [0.3, 0.4) is 0 Å². The lowest BCUT2D eigenvalue weighted by Crippen LogP contribution is -2.26. The fourth-order valence-electron chi connectivity index (χ4n) is 2.56. The molecule has 4 nitrogen and oxygen atoms in total. The Labute approximate surface area is 130 Å². The molecule has 1 aliphatic heterocycles. The highest BCUT2D eigenvalue weighted by molar-refractivity contribution is 9.10. The van der Waals surface area contributed by atoms with Crippen LogP contribution in [0, 0.1) is 11.3 Å². The zero-order valence-electron chi connectivity index (χ0n) is 12.9. The Hall–Kier alpha value is -0.840. The van der Waals surface area contributed by atoms with Crippen molar-refractivity contribution in [3.8, 4) is 0 Å². The third-order valence-electron chi connectivity index (χ3n) is 3.97. The van der Waals surface area contributed by atoms with Gasteiger partial charge in [-0.3, -0.25) is 0 Å². The quantitative estimate of drug-likeness (QED) is 0.901. The predicted molar refractivity (Wildman–Crippen MR) is 88.3 cm³/mol. The number of hydrogen-bond acceptors (Lipinski definition) is 4. The van der Waals surface area contributed by atoms with E-state index in [-0.39, 0.29) is 0 Å². The fraction of sp³-hybridized carbons (Fsp3) is 0.733. The molecule has 0 amide bonds. The van der Waals surface area contributed by atoms with Crippen LogP contribution in [-0.2, 0) is 0 Å². The van der Waals surface area contributed by atoms with Crippen LogP contribution in [-0.4, -0.2) is 29.6 Å². The van der Waals surface area contributed by atoms with Crippen molar-refractivity contribution >= 4 is 27.7 Å². The average Bonchev–Trinajstić information content (AvgIpc) is 2.87. The van der Waals surface area contributed by atoms with Crippen LogP contribution in [0.1, 0.15) is 40.5 Å². The molecular formula is C15H25BrN4. The van der Waals surface area contributed by atoms with Crippen molar-refractivity contribution in [2.75, 3.05) is 29.9 Å². The van der Waals surface area contributed by atoms with Crippen LogP contribution in [0.5, 0.6) is 0 Å². The number of anilines is 2. The largest absolute Gasteiger partial charge is 0.355 e. The van der Waals surface area contributed by atoms with Crippen molar-refractivity contribution in [3.63, 3.8) is 0 Å². The number of hydrogen-bond donors (Lipinski definition) is 1. The summed E-state index contributed by atoms with van der Waals surface area (Å²) in [6, 6.07) is 0. The first-order valence-corrected chi connectivity index (χ1v) is 8.22. The van der Waals surface area contributed by atoms with E-state index in [1.807, 2.05) is 6.20 Å². The van der Waals surface area contributed by atoms with Crippen LogP contribution < -0.4 is 10.2 Å². The van der Waals surface area contributed by atoms with Gasteiger partial charge in [0.05, 0.1) is 4.47 Å². The van der Waals surface area contributed by atoms with Crippen LogP contribution >= 0.6 is 15.9 Å². The van der Waals surface area contributed by atoms with Gasteiger partial charge < -0.3 is 10.2 Å². The molecule has 1 fully saturated rings. The minimum absolute atomic E-state index is 0.359. The zero-order valence-corrected chi connectivity index (χ0v) is 14.5. The number of nitrogens with one attached hydrogen (secondary N) is 1. The first-order valence-electron chi connectivity index (χ1n) is 7.43. The molecular weight excluding hydrogens is 316 g/mol. The molecule has 1 N–H and O–H groups in total. The van der Waals surface area contributed by atoms with Gasteiger partial charge in [0, 0.05) is 25.8 Å². The molecule has 0 saturated carbocycles. The Morgan fingerprint density at radius 3 is 2.80 bits per heavy atom. The van der Waals surface area contributed by atoms with Crippen molar-refractivity contribution in [3.05, 3.63) is 10.7 Å². The van der Waals surface area contributed by atoms with Gasteiger partial charge in [0.2, 0.25) is 5.95 Å². The Kier molecular flexibility index (Phi) is 4.89. The van der Waals surface area contributed by atoms with E-state index in [9.17, 15) is 0 Å². The molecule has 0 radical (unpaired) electrons. The van der Waals surface area contributed by atoms with Crippen LogP contribution in [0.15, 0.2) is 10.7 Å². The summed E-state index contributed by atoms with van der Waals surface area (Å²) in [7, 11) is 0. The number of aromatic nitrogens is 2. The second kappa shape index (κ2) is 6.29. The molecule has 1 aliphatic rings. The van der Waals surface area contributed by atoms with Gasteiger partial charge in [0.1, 0.15) is 5.82 Å². The summed E-state index contributed by atoms with van der Waals surface area (Å²) >= 11 is 3.58. The van der Waals surface area contributed by atoms with E-state index in [1.165, 1.54) is 6.42 Å². The molecule has 0 bridgehead atoms. The lowest BCUT2D eigenvalue weighted by atomic mass is 9.80. The van der Waals surface area contributed by atoms with Gasteiger partial charge >= 0.3 is 0 Å². The molecule has 0 spiro atoms. The SMILES string of the molecule is CCCNc1ncc(Br)c(N2CCC(C(C)(C)C)C2)n1. The summed E-state index contributed by atoms with van der Waals surface area (Å²) < 4.78 is 0.981. The first kappa shape index (κ1) is 15.5. The molecule has 2 rings (SSSR count). The third kappa shape index (κ3) is 3.62. The van der Waals surface area contributed by atoms with E-state index < -0.39 is 0 Å². The maximum Gasteiger partial charge on any atom is 0.224 e. The summed E-state index contributed by atoms with van der Waals surface area (Å²) in [6.07, 6.45) is 4.16. The summed E-state index contributed by atoms with van der Waals surface area (Å²) in [5, 5.41) is 3.26. The molecule has 0 aromatic carbocycles. The molecule has 0 aliphatic carbocycles. The smallest absolute Gasteiger partial charge is 0.224 e. The first-order chi connectivity index (χ1) is 9.41. The lowest BCUT2D eigenvalue weighted by molar-refractivity contribution is 0.263. The Balaban J connectivity index is 2.12. The number of halogens is 1. The van der Waals surface area contributed by atoms with E-state index in [0.717, 1.165) is 48.2 Å². The Morgan fingerprint density at radius 2 is 2.20 bits per heavy atom. The number of rotatable bonds is 4. The van der Waals surface area contributed by atoms with Gasteiger partial charge in [0.25, 0.3) is 0 Å². The highest BCUT2D eigenvalue weighted by Crippen LogP contribution is 2.37. The molecule has 5 heteroatoms. The van der Waals surface area contributed by atoms with Crippen LogP contribution in [0.2, 0.25) is 0 Å². The second-order valence-corrected chi connectivity index (χ2v) is 7.44. The predicted octanol–water partition coefficient (Wildman–Crippen LogP) is 3.93. The summed E-state index contributed by atoms with van der Waals surface area (Å²) in [5.74, 6) is 2.46. The van der Waals surface area contributed by atoms with Gasteiger partial charge in [-0.25, -0.2) is 4.98 Å². The van der Waals surface area contributed by atoms with E-state index in [2.05, 4.69) is 63.8 Å². The van der Waals surface area contributed by atoms with Gasteiger partial charge in [-0.2, -0.15) is 4.98 Å². The normalized spacial score (nSPS) is 19.4. The fourth-order valence-corrected chi connectivity index (χ4v) is 3.00. The molecule has 1 saturated heterocycles. The maximum atomic E-state index is 4.67. The average molecular weight is 341 g/mol. The van der Waals surface area contributed by atoms with Gasteiger partial charge in [0.15, 0.2) is 0 Å². The Bertz CT molecular complexity index is 456. The highest BCUT2D eigenvalue weighted by Gasteiger charge is 2.33. The Morgan fingerprint density at radius 1 is 1.45 bits per heavy atom. The van der Waals surface area contributed by atoms with E-state index in [1.54, 1.807) is 0 Å².